The standard InChI is InChI=1S/C15H22N2O/c1-3-4-7-14(18)12-9-11-6-5-8-17-15(11)13(10-12)16-2/h9-10,16-17H,3-8H2,1-2H3. The summed E-state index contributed by atoms with van der Waals surface area (Å²) in [5.41, 5.74) is 4.35. The number of nitrogens with one attached hydrogen (secondary N) is 2. The summed E-state index contributed by atoms with van der Waals surface area (Å²) >= 11 is 0. The van der Waals surface area contributed by atoms with Crippen LogP contribution in [0.3, 0.4) is 0 Å². The van der Waals surface area contributed by atoms with Crippen LogP contribution in [0.1, 0.15) is 48.5 Å². The first-order chi connectivity index (χ1) is 8.76. The first-order valence-electron chi connectivity index (χ1n) is 6.88. The van der Waals surface area contributed by atoms with Crippen molar-refractivity contribution in [3.8, 4) is 0 Å². The molecule has 1 aromatic rings. The molecule has 2 rings (SSSR count). The molecular weight excluding hydrogens is 224 g/mol. The SMILES string of the molecule is CCCCC(=O)c1cc2c(c(NC)c1)NCCC2. The summed E-state index contributed by atoms with van der Waals surface area (Å²) < 4.78 is 0. The summed E-state index contributed by atoms with van der Waals surface area (Å²) in [4.78, 5) is 12.1. The van der Waals surface area contributed by atoms with Crippen molar-refractivity contribution < 1.29 is 4.79 Å². The fourth-order valence-corrected chi connectivity index (χ4v) is 2.44. The molecule has 1 aromatic carbocycles. The number of ketones is 1. The van der Waals surface area contributed by atoms with Crippen molar-refractivity contribution in [3.05, 3.63) is 23.3 Å². The smallest absolute Gasteiger partial charge is 0.162 e. The lowest BCUT2D eigenvalue weighted by Crippen LogP contribution is -2.15. The van der Waals surface area contributed by atoms with Gasteiger partial charge in [0.05, 0.1) is 11.4 Å². The van der Waals surface area contributed by atoms with E-state index in [1.54, 1.807) is 0 Å². The van der Waals surface area contributed by atoms with E-state index in [9.17, 15) is 4.79 Å². The minimum atomic E-state index is 0.265. The molecule has 0 bridgehead atoms. The zero-order valence-electron chi connectivity index (χ0n) is 11.3. The van der Waals surface area contributed by atoms with E-state index < -0.39 is 0 Å². The van der Waals surface area contributed by atoms with E-state index in [1.807, 2.05) is 13.1 Å². The minimum Gasteiger partial charge on any atom is -0.386 e. The van der Waals surface area contributed by atoms with Gasteiger partial charge in [0.2, 0.25) is 0 Å². The van der Waals surface area contributed by atoms with Crippen LogP contribution in [-0.4, -0.2) is 19.4 Å². The number of benzene rings is 1. The highest BCUT2D eigenvalue weighted by Crippen LogP contribution is 2.32. The molecule has 3 heteroatoms. The Kier molecular flexibility index (Phi) is 4.24. The van der Waals surface area contributed by atoms with Crippen LogP contribution in [0.25, 0.3) is 0 Å². The van der Waals surface area contributed by atoms with Crippen LogP contribution in [0, 0.1) is 0 Å². The number of Topliss-reactive ketones (excluding diaryl/α,β-unsaturated/α-hetero) is 1. The minimum absolute atomic E-state index is 0.265. The topological polar surface area (TPSA) is 41.1 Å². The molecule has 1 heterocycles. The van der Waals surface area contributed by atoms with E-state index in [0.29, 0.717) is 6.42 Å². The molecule has 0 unspecified atom stereocenters. The van der Waals surface area contributed by atoms with Gasteiger partial charge in [0, 0.05) is 25.6 Å². The van der Waals surface area contributed by atoms with Crippen molar-refractivity contribution in [2.75, 3.05) is 24.2 Å². The van der Waals surface area contributed by atoms with Gasteiger partial charge in [-0.2, -0.15) is 0 Å². The Hall–Kier alpha value is -1.51. The van der Waals surface area contributed by atoms with Crippen LogP contribution in [0.15, 0.2) is 12.1 Å². The third kappa shape index (κ3) is 2.66. The van der Waals surface area contributed by atoms with Crippen LogP contribution in [0.5, 0.6) is 0 Å². The van der Waals surface area contributed by atoms with E-state index in [0.717, 1.165) is 43.5 Å². The van der Waals surface area contributed by atoms with Gasteiger partial charge >= 0.3 is 0 Å². The molecule has 0 atom stereocenters. The van der Waals surface area contributed by atoms with Crippen LogP contribution in [0.4, 0.5) is 11.4 Å². The molecule has 3 nitrogen and oxygen atoms in total. The van der Waals surface area contributed by atoms with E-state index in [-0.39, 0.29) is 5.78 Å². The average molecular weight is 246 g/mol. The van der Waals surface area contributed by atoms with Crippen LogP contribution >= 0.6 is 0 Å². The van der Waals surface area contributed by atoms with Crippen molar-refractivity contribution in [3.63, 3.8) is 0 Å². The van der Waals surface area contributed by atoms with E-state index in [2.05, 4.69) is 23.6 Å². The fraction of sp³-hybridized carbons (Fsp3) is 0.533. The molecule has 0 aromatic heterocycles. The Morgan fingerprint density at radius 2 is 2.28 bits per heavy atom. The third-order valence-corrected chi connectivity index (χ3v) is 3.49. The third-order valence-electron chi connectivity index (χ3n) is 3.49. The van der Waals surface area contributed by atoms with Gasteiger partial charge in [-0.25, -0.2) is 0 Å². The molecule has 0 fully saturated rings. The first kappa shape index (κ1) is 12.9. The number of unbranched alkanes of at least 4 members (excludes halogenated alkanes) is 1. The molecule has 0 saturated carbocycles. The Morgan fingerprint density at radius 1 is 1.44 bits per heavy atom. The van der Waals surface area contributed by atoms with Gasteiger partial charge in [0.1, 0.15) is 0 Å². The van der Waals surface area contributed by atoms with Gasteiger partial charge in [-0.15, -0.1) is 0 Å². The molecule has 18 heavy (non-hydrogen) atoms. The Morgan fingerprint density at radius 3 is 3.00 bits per heavy atom. The van der Waals surface area contributed by atoms with Crippen LogP contribution in [0.2, 0.25) is 0 Å². The lowest BCUT2D eigenvalue weighted by Gasteiger charge is -2.22. The van der Waals surface area contributed by atoms with Crippen molar-refractivity contribution >= 4 is 17.2 Å². The summed E-state index contributed by atoms with van der Waals surface area (Å²) in [7, 11) is 1.91. The highest BCUT2D eigenvalue weighted by atomic mass is 16.1. The predicted octanol–water partition coefficient (Wildman–Crippen LogP) is 3.46. The number of carbonyl (C=O) groups excluding carboxylic acids is 1. The van der Waals surface area contributed by atoms with Gasteiger partial charge < -0.3 is 10.6 Å². The number of hydrogen-bond donors (Lipinski definition) is 2. The second-order valence-electron chi connectivity index (χ2n) is 4.86. The van der Waals surface area contributed by atoms with Crippen LogP contribution in [-0.2, 0) is 6.42 Å². The molecule has 98 valence electrons. The van der Waals surface area contributed by atoms with Crippen molar-refractivity contribution in [1.29, 1.82) is 0 Å². The molecule has 1 aliphatic heterocycles. The van der Waals surface area contributed by atoms with Gasteiger partial charge in [0.25, 0.3) is 0 Å². The lowest BCUT2D eigenvalue weighted by atomic mass is 9.96. The molecule has 1 aliphatic rings. The Bertz CT molecular complexity index is 423. The number of hydrogen-bond acceptors (Lipinski definition) is 3. The fourth-order valence-electron chi connectivity index (χ4n) is 2.44. The van der Waals surface area contributed by atoms with Gasteiger partial charge in [-0.3, -0.25) is 4.79 Å². The number of fused-ring (bicyclic) bond motifs is 1. The normalized spacial score (nSPS) is 13.7. The molecular formula is C15H22N2O. The Labute approximate surface area is 109 Å². The molecule has 0 saturated heterocycles. The molecule has 0 aliphatic carbocycles. The number of aryl methyl sites for hydroxylation is 1. The van der Waals surface area contributed by atoms with Crippen LogP contribution < -0.4 is 10.6 Å². The number of anilines is 2. The highest BCUT2D eigenvalue weighted by Gasteiger charge is 2.16. The summed E-state index contributed by atoms with van der Waals surface area (Å²) in [5.74, 6) is 0.265. The van der Waals surface area contributed by atoms with E-state index in [4.69, 9.17) is 0 Å². The maximum absolute atomic E-state index is 12.1. The van der Waals surface area contributed by atoms with E-state index >= 15 is 0 Å². The molecule has 0 radical (unpaired) electrons. The molecule has 0 spiro atoms. The largest absolute Gasteiger partial charge is 0.386 e. The highest BCUT2D eigenvalue weighted by molar-refractivity contribution is 5.98. The monoisotopic (exact) mass is 246 g/mol. The average Bonchev–Trinajstić information content (AvgIpc) is 2.43. The first-order valence-corrected chi connectivity index (χ1v) is 6.88. The number of carbonyl (C=O) groups is 1. The summed E-state index contributed by atoms with van der Waals surface area (Å²) in [6.07, 6.45) is 4.90. The molecule has 0 amide bonds. The number of rotatable bonds is 5. The summed E-state index contributed by atoms with van der Waals surface area (Å²) in [5, 5.41) is 6.61. The van der Waals surface area contributed by atoms with Gasteiger partial charge in [-0.1, -0.05) is 13.3 Å². The van der Waals surface area contributed by atoms with Crippen molar-refractivity contribution in [2.45, 2.75) is 39.0 Å². The summed E-state index contributed by atoms with van der Waals surface area (Å²) in [6, 6.07) is 4.05. The Balaban J connectivity index is 2.29. The van der Waals surface area contributed by atoms with Gasteiger partial charge in [-0.05, 0) is 37.0 Å². The van der Waals surface area contributed by atoms with Gasteiger partial charge in [0.15, 0.2) is 5.78 Å². The maximum Gasteiger partial charge on any atom is 0.162 e. The quantitative estimate of drug-likeness (QED) is 0.782. The van der Waals surface area contributed by atoms with Crippen molar-refractivity contribution in [2.24, 2.45) is 0 Å². The summed E-state index contributed by atoms with van der Waals surface area (Å²) in [6.45, 7) is 3.13. The zero-order chi connectivity index (χ0) is 13.0. The van der Waals surface area contributed by atoms with Crippen molar-refractivity contribution in [1.82, 2.24) is 0 Å². The zero-order valence-corrected chi connectivity index (χ0v) is 11.3. The second kappa shape index (κ2) is 5.89. The maximum atomic E-state index is 12.1. The van der Waals surface area contributed by atoms with E-state index in [1.165, 1.54) is 11.3 Å². The second-order valence-corrected chi connectivity index (χ2v) is 4.86. The predicted molar refractivity (Wildman–Crippen MR) is 76.7 cm³/mol. The lowest BCUT2D eigenvalue weighted by molar-refractivity contribution is 0.0979. The molecule has 2 N–H and O–H groups in total.